The van der Waals surface area contributed by atoms with Crippen molar-refractivity contribution >= 4 is 17.0 Å². The van der Waals surface area contributed by atoms with Crippen molar-refractivity contribution in [2.45, 2.75) is 12.8 Å². The molecule has 4 nitrogen and oxygen atoms in total. The standard InChI is InChI=1S/C18H16N2O2/c21-20(22)11-10-16-13-19-18-9-8-15(12-17(16)18)7-6-14-4-2-1-3-5-14/h1-5,8-13,19H,6-7H2/b11-10+. The number of benzene rings is 2. The number of rotatable bonds is 5. The van der Waals surface area contributed by atoms with Crippen molar-refractivity contribution in [3.05, 3.63) is 87.7 Å². The zero-order valence-electron chi connectivity index (χ0n) is 12.0. The minimum absolute atomic E-state index is 0.446. The van der Waals surface area contributed by atoms with Crippen molar-refractivity contribution in [3.63, 3.8) is 0 Å². The predicted octanol–water partition coefficient (Wildman–Crippen LogP) is 4.20. The predicted molar refractivity (Wildman–Crippen MR) is 88.2 cm³/mol. The molecular formula is C18H16N2O2. The van der Waals surface area contributed by atoms with Crippen molar-refractivity contribution in [2.24, 2.45) is 0 Å². The van der Waals surface area contributed by atoms with Crippen LogP contribution in [0.25, 0.3) is 17.0 Å². The largest absolute Gasteiger partial charge is 0.361 e. The Morgan fingerprint density at radius 2 is 1.82 bits per heavy atom. The lowest BCUT2D eigenvalue weighted by Gasteiger charge is -2.03. The summed E-state index contributed by atoms with van der Waals surface area (Å²) in [6.45, 7) is 0. The van der Waals surface area contributed by atoms with E-state index in [9.17, 15) is 10.1 Å². The molecule has 2 aromatic carbocycles. The minimum atomic E-state index is -0.446. The molecule has 0 spiro atoms. The van der Waals surface area contributed by atoms with Gasteiger partial charge in [0.1, 0.15) is 0 Å². The second-order valence-electron chi connectivity index (χ2n) is 5.21. The first-order valence-corrected chi connectivity index (χ1v) is 7.18. The lowest BCUT2D eigenvalue weighted by molar-refractivity contribution is -0.400. The van der Waals surface area contributed by atoms with E-state index in [2.05, 4.69) is 29.2 Å². The van der Waals surface area contributed by atoms with Crippen LogP contribution in [0.1, 0.15) is 16.7 Å². The van der Waals surface area contributed by atoms with Crippen molar-refractivity contribution in [3.8, 4) is 0 Å². The highest BCUT2D eigenvalue weighted by Gasteiger charge is 2.04. The Kier molecular flexibility index (Phi) is 4.01. The van der Waals surface area contributed by atoms with E-state index in [-0.39, 0.29) is 0 Å². The number of fused-ring (bicyclic) bond motifs is 1. The Morgan fingerprint density at radius 1 is 1.05 bits per heavy atom. The van der Waals surface area contributed by atoms with Gasteiger partial charge < -0.3 is 4.98 Å². The number of aryl methyl sites for hydroxylation is 2. The molecule has 110 valence electrons. The second-order valence-corrected chi connectivity index (χ2v) is 5.21. The van der Waals surface area contributed by atoms with Gasteiger partial charge in [-0.15, -0.1) is 0 Å². The molecule has 0 radical (unpaired) electrons. The van der Waals surface area contributed by atoms with E-state index in [0.29, 0.717) is 0 Å². The fourth-order valence-electron chi connectivity index (χ4n) is 2.56. The van der Waals surface area contributed by atoms with Gasteiger partial charge in [0.05, 0.1) is 4.92 Å². The van der Waals surface area contributed by atoms with Crippen LogP contribution in [0, 0.1) is 10.1 Å². The molecule has 4 heteroatoms. The van der Waals surface area contributed by atoms with Crippen LogP contribution in [0.15, 0.2) is 60.9 Å². The third-order valence-electron chi connectivity index (χ3n) is 3.70. The molecule has 3 aromatic rings. The molecule has 0 aliphatic rings. The molecule has 0 aliphatic heterocycles. The number of aromatic nitrogens is 1. The molecule has 0 amide bonds. The summed E-state index contributed by atoms with van der Waals surface area (Å²) in [7, 11) is 0. The van der Waals surface area contributed by atoms with E-state index in [1.807, 2.05) is 24.3 Å². The van der Waals surface area contributed by atoms with Gasteiger partial charge in [0, 0.05) is 28.7 Å². The summed E-state index contributed by atoms with van der Waals surface area (Å²) in [5, 5.41) is 11.5. The Morgan fingerprint density at radius 3 is 2.59 bits per heavy atom. The quantitative estimate of drug-likeness (QED) is 0.566. The number of nitrogens with one attached hydrogen (secondary N) is 1. The van der Waals surface area contributed by atoms with Crippen molar-refractivity contribution in [2.75, 3.05) is 0 Å². The Labute approximate surface area is 128 Å². The summed E-state index contributed by atoms with van der Waals surface area (Å²) in [4.78, 5) is 13.2. The highest BCUT2D eigenvalue weighted by Crippen LogP contribution is 2.22. The number of hydrogen-bond donors (Lipinski definition) is 1. The van der Waals surface area contributed by atoms with Gasteiger partial charge in [-0.3, -0.25) is 10.1 Å². The van der Waals surface area contributed by atoms with Crippen LogP contribution in [0.5, 0.6) is 0 Å². The third-order valence-corrected chi connectivity index (χ3v) is 3.70. The van der Waals surface area contributed by atoms with Gasteiger partial charge in [0.15, 0.2) is 0 Å². The third kappa shape index (κ3) is 3.23. The van der Waals surface area contributed by atoms with Gasteiger partial charge in [0.2, 0.25) is 6.20 Å². The molecule has 3 rings (SSSR count). The molecule has 1 N–H and O–H groups in total. The maximum atomic E-state index is 10.5. The van der Waals surface area contributed by atoms with Crippen molar-refractivity contribution in [1.82, 2.24) is 4.98 Å². The monoisotopic (exact) mass is 292 g/mol. The van der Waals surface area contributed by atoms with Gasteiger partial charge in [-0.1, -0.05) is 36.4 Å². The van der Waals surface area contributed by atoms with E-state index in [4.69, 9.17) is 0 Å². The average molecular weight is 292 g/mol. The molecule has 0 saturated carbocycles. The maximum Gasteiger partial charge on any atom is 0.235 e. The normalized spacial score (nSPS) is 11.3. The second kappa shape index (κ2) is 6.26. The minimum Gasteiger partial charge on any atom is -0.361 e. The lowest BCUT2D eigenvalue weighted by Crippen LogP contribution is -1.91. The Balaban J connectivity index is 1.82. The van der Waals surface area contributed by atoms with E-state index in [1.165, 1.54) is 17.2 Å². The van der Waals surface area contributed by atoms with Crippen LogP contribution < -0.4 is 0 Å². The van der Waals surface area contributed by atoms with Crippen LogP contribution in [-0.2, 0) is 12.8 Å². The van der Waals surface area contributed by atoms with E-state index in [1.54, 1.807) is 6.20 Å². The SMILES string of the molecule is O=[N+]([O-])/C=C/c1c[nH]c2ccc(CCc3ccccc3)cc12. The summed E-state index contributed by atoms with van der Waals surface area (Å²) >= 11 is 0. The molecule has 22 heavy (non-hydrogen) atoms. The van der Waals surface area contributed by atoms with Gasteiger partial charge in [-0.05, 0) is 36.1 Å². The summed E-state index contributed by atoms with van der Waals surface area (Å²) in [5.41, 5.74) is 4.37. The highest BCUT2D eigenvalue weighted by molar-refractivity contribution is 5.89. The number of hydrogen-bond acceptors (Lipinski definition) is 2. The zero-order chi connectivity index (χ0) is 15.4. The fraction of sp³-hybridized carbons (Fsp3) is 0.111. The summed E-state index contributed by atoms with van der Waals surface area (Å²) < 4.78 is 0. The molecule has 1 heterocycles. The lowest BCUT2D eigenvalue weighted by atomic mass is 10.0. The van der Waals surface area contributed by atoms with E-state index in [0.717, 1.165) is 35.5 Å². The molecule has 0 unspecified atom stereocenters. The first-order chi connectivity index (χ1) is 10.7. The van der Waals surface area contributed by atoms with Gasteiger partial charge in [0.25, 0.3) is 0 Å². The number of nitro groups is 1. The van der Waals surface area contributed by atoms with Crippen LogP contribution in [0.2, 0.25) is 0 Å². The molecule has 0 bridgehead atoms. The summed E-state index contributed by atoms with van der Waals surface area (Å²) in [5.74, 6) is 0. The first kappa shape index (κ1) is 14.1. The average Bonchev–Trinajstić information content (AvgIpc) is 2.94. The Bertz CT molecular complexity index is 819. The van der Waals surface area contributed by atoms with E-state index >= 15 is 0 Å². The summed E-state index contributed by atoms with van der Waals surface area (Å²) in [6, 6.07) is 16.6. The smallest absolute Gasteiger partial charge is 0.235 e. The molecule has 0 saturated heterocycles. The molecule has 1 aromatic heterocycles. The Hall–Kier alpha value is -2.88. The maximum absolute atomic E-state index is 10.5. The summed E-state index contributed by atoms with van der Waals surface area (Å²) in [6.07, 6.45) is 6.23. The molecular weight excluding hydrogens is 276 g/mol. The van der Waals surface area contributed by atoms with Gasteiger partial charge in [-0.25, -0.2) is 0 Å². The van der Waals surface area contributed by atoms with Crippen LogP contribution in [-0.4, -0.2) is 9.91 Å². The highest BCUT2D eigenvalue weighted by atomic mass is 16.6. The number of aromatic amines is 1. The van der Waals surface area contributed by atoms with Crippen LogP contribution in [0.4, 0.5) is 0 Å². The fourth-order valence-corrected chi connectivity index (χ4v) is 2.56. The van der Waals surface area contributed by atoms with Crippen LogP contribution in [0.3, 0.4) is 0 Å². The van der Waals surface area contributed by atoms with Crippen molar-refractivity contribution < 1.29 is 4.92 Å². The number of nitrogens with zero attached hydrogens (tertiary/aromatic N) is 1. The number of H-pyrrole nitrogens is 1. The van der Waals surface area contributed by atoms with Gasteiger partial charge >= 0.3 is 0 Å². The molecule has 0 fully saturated rings. The zero-order valence-corrected chi connectivity index (χ0v) is 12.0. The molecule has 0 aliphatic carbocycles. The van der Waals surface area contributed by atoms with E-state index < -0.39 is 4.92 Å². The van der Waals surface area contributed by atoms with Crippen molar-refractivity contribution in [1.29, 1.82) is 0 Å². The van der Waals surface area contributed by atoms with Gasteiger partial charge in [-0.2, -0.15) is 0 Å². The molecule has 0 atom stereocenters. The first-order valence-electron chi connectivity index (χ1n) is 7.18. The van der Waals surface area contributed by atoms with Crippen LogP contribution >= 0.6 is 0 Å². The topological polar surface area (TPSA) is 58.9 Å².